The van der Waals surface area contributed by atoms with Gasteiger partial charge in [-0.2, -0.15) is 0 Å². The number of benzene rings is 1. The molecule has 0 radical (unpaired) electrons. The van der Waals surface area contributed by atoms with Gasteiger partial charge in [0.1, 0.15) is 0 Å². The summed E-state index contributed by atoms with van der Waals surface area (Å²) in [5, 5.41) is 0. The highest BCUT2D eigenvalue weighted by molar-refractivity contribution is 15.0. The van der Waals surface area contributed by atoms with E-state index in [-0.39, 0.29) is 5.56 Å². The minimum absolute atomic E-state index is 0.243. The van der Waals surface area contributed by atoms with Gasteiger partial charge in [-0.3, -0.25) is 9.59 Å². The number of Topliss-reactive ketones (excluding diaryl/α,β-unsaturated/α-hetero) is 1. The van der Waals surface area contributed by atoms with Crippen molar-refractivity contribution in [2.75, 3.05) is 19.1 Å². The largest absolute Gasteiger partial charge is 0.465 e. The molecule has 118 valence electrons. The summed E-state index contributed by atoms with van der Waals surface area (Å²) in [6.45, 7) is 5.18. The van der Waals surface area contributed by atoms with Gasteiger partial charge in [0.15, 0.2) is 0 Å². The lowest BCUT2D eigenvalue weighted by Gasteiger charge is -2.18. The average Bonchev–Trinajstić information content (AvgIpc) is 2.56. The first kappa shape index (κ1) is 22.6. The number of anilines is 1. The van der Waals surface area contributed by atoms with Gasteiger partial charge in [0.25, 0.3) is 5.91 Å². The number of hydrogen-bond donors (Lipinski definition) is 0. The molecule has 0 aromatic heterocycles. The van der Waals surface area contributed by atoms with Crippen LogP contribution in [-0.4, -0.2) is 31.8 Å². The van der Waals surface area contributed by atoms with Crippen LogP contribution in [0.4, 0.5) is 5.69 Å². The van der Waals surface area contributed by atoms with Gasteiger partial charge in [0.05, 0.1) is 18.4 Å². The molecular weight excluding hydrogens is 500 g/mol. The predicted octanol–water partition coefficient (Wildman–Crippen LogP) is 3.82. The Morgan fingerprint density at radius 2 is 1.57 bits per heavy atom. The molecule has 0 saturated heterocycles. The second-order valence-electron chi connectivity index (χ2n) is 3.43. The zero-order valence-corrected chi connectivity index (χ0v) is 17.0. The number of amides is 1. The lowest BCUT2D eigenvalue weighted by molar-refractivity contribution is -0.134. The van der Waals surface area contributed by atoms with Crippen molar-refractivity contribution in [2.45, 2.75) is 20.8 Å². The second-order valence-corrected chi connectivity index (χ2v) is 3.43. The lowest BCUT2D eigenvalue weighted by Crippen LogP contribution is -2.32. The summed E-state index contributed by atoms with van der Waals surface area (Å²) in [5.74, 6) is -1.82. The summed E-state index contributed by atoms with van der Waals surface area (Å²) in [5.41, 5.74) is 0.589. The van der Waals surface area contributed by atoms with Crippen molar-refractivity contribution in [2.24, 2.45) is 0 Å². The van der Waals surface area contributed by atoms with Crippen LogP contribution in [0.1, 0.15) is 31.1 Å². The van der Waals surface area contributed by atoms with Crippen molar-refractivity contribution in [3.05, 3.63) is 29.8 Å². The van der Waals surface area contributed by atoms with Crippen LogP contribution in [0.15, 0.2) is 24.3 Å². The van der Waals surface area contributed by atoms with E-state index in [2.05, 4.69) is 42.0 Å². The van der Waals surface area contributed by atoms with Crippen molar-refractivity contribution in [1.82, 2.24) is 0 Å². The van der Waals surface area contributed by atoms with Crippen LogP contribution < -0.4 is 4.90 Å². The number of rotatable bonds is 3. The minimum Gasteiger partial charge on any atom is -0.465 e. The molecule has 0 atom stereocenters. The van der Waals surface area contributed by atoms with E-state index in [9.17, 15) is 14.4 Å². The van der Waals surface area contributed by atoms with Crippen LogP contribution in [0.25, 0.3) is 0 Å². The topological polar surface area (TPSA) is 63.7 Å². The SMILES string of the molecule is CC.COC(=O)c1ccccc1N(C)C(=O)C(C)=O.II. The summed E-state index contributed by atoms with van der Waals surface area (Å²) >= 11 is 4.24. The number of esters is 1. The van der Waals surface area contributed by atoms with Gasteiger partial charge in [-0.05, 0) is 12.1 Å². The Kier molecular flexibility index (Phi) is 14.0. The molecule has 0 N–H and O–H groups in total. The number of hydrogen-bond acceptors (Lipinski definition) is 4. The van der Waals surface area contributed by atoms with Crippen LogP contribution in [0.5, 0.6) is 0 Å². The predicted molar refractivity (Wildman–Crippen MR) is 101 cm³/mol. The van der Waals surface area contributed by atoms with E-state index in [1.165, 1.54) is 27.1 Å². The van der Waals surface area contributed by atoms with Crippen molar-refractivity contribution in [3.8, 4) is 0 Å². The van der Waals surface area contributed by atoms with Crippen LogP contribution in [0.3, 0.4) is 0 Å². The highest BCUT2D eigenvalue weighted by atomic mass is 128. The number of carbonyl (C=O) groups excluding carboxylic acids is 3. The van der Waals surface area contributed by atoms with Crippen molar-refractivity contribution in [1.29, 1.82) is 0 Å². The van der Waals surface area contributed by atoms with E-state index < -0.39 is 17.7 Å². The number of methoxy groups -OCH3 is 1. The maximum atomic E-state index is 11.5. The molecule has 21 heavy (non-hydrogen) atoms. The Bertz CT molecular complexity index is 478. The number of likely N-dealkylation sites (N-methyl/N-ethyl adjacent to an activating group) is 1. The number of nitrogens with zero attached hydrogens (tertiary/aromatic N) is 1. The Hall–Kier alpha value is -0.710. The summed E-state index contributed by atoms with van der Waals surface area (Å²) < 4.78 is 4.61. The summed E-state index contributed by atoms with van der Waals surface area (Å²) in [6, 6.07) is 6.44. The van der Waals surface area contributed by atoms with Gasteiger partial charge in [-0.25, -0.2) is 4.79 Å². The van der Waals surface area contributed by atoms with Crippen LogP contribution in [0, 0.1) is 0 Å². The van der Waals surface area contributed by atoms with E-state index in [1.54, 1.807) is 18.2 Å². The number of para-hydroxylation sites is 1. The van der Waals surface area contributed by atoms with Crippen LogP contribution >= 0.6 is 37.2 Å². The molecule has 1 aromatic rings. The van der Waals surface area contributed by atoms with E-state index in [4.69, 9.17) is 0 Å². The molecule has 1 aromatic carbocycles. The molecular formula is C14H19I2NO4. The molecule has 7 heteroatoms. The smallest absolute Gasteiger partial charge is 0.339 e. The molecule has 1 amide bonds. The Morgan fingerprint density at radius 1 is 1.10 bits per heavy atom. The molecule has 0 fully saturated rings. The van der Waals surface area contributed by atoms with E-state index in [1.807, 2.05) is 13.8 Å². The lowest BCUT2D eigenvalue weighted by atomic mass is 10.1. The van der Waals surface area contributed by atoms with Gasteiger partial charge in [0, 0.05) is 51.2 Å². The van der Waals surface area contributed by atoms with E-state index in [0.29, 0.717) is 5.69 Å². The standard InChI is InChI=1S/C12H13NO4.C2H6.I2/c1-8(14)11(15)13(2)10-7-5-4-6-9(10)12(16)17-3;2*1-2/h4-7H,1-3H3;1-2H3;. The Balaban J connectivity index is 0. The Labute approximate surface area is 148 Å². The third-order valence-corrected chi connectivity index (χ3v) is 2.28. The zero-order valence-electron chi connectivity index (χ0n) is 12.6. The highest BCUT2D eigenvalue weighted by Crippen LogP contribution is 2.20. The molecule has 0 bridgehead atoms. The molecule has 0 aliphatic carbocycles. The number of ether oxygens (including phenoxy) is 1. The molecule has 0 unspecified atom stereocenters. The fourth-order valence-electron chi connectivity index (χ4n) is 1.39. The molecule has 5 nitrogen and oxygen atoms in total. The van der Waals surface area contributed by atoms with Crippen molar-refractivity contribution >= 4 is 60.6 Å². The summed E-state index contributed by atoms with van der Waals surface area (Å²) in [6.07, 6.45) is 0. The van der Waals surface area contributed by atoms with Crippen molar-refractivity contribution < 1.29 is 19.1 Å². The van der Waals surface area contributed by atoms with Gasteiger partial charge in [-0.1, -0.05) is 26.0 Å². The van der Waals surface area contributed by atoms with Gasteiger partial charge >= 0.3 is 5.97 Å². The molecule has 0 aliphatic heterocycles. The second kappa shape index (κ2) is 13.0. The van der Waals surface area contributed by atoms with E-state index in [0.717, 1.165) is 4.90 Å². The maximum absolute atomic E-state index is 11.5. The number of ketones is 1. The normalized spacial score (nSPS) is 8.33. The number of halogens is 2. The van der Waals surface area contributed by atoms with Crippen LogP contribution in [0.2, 0.25) is 0 Å². The quantitative estimate of drug-likeness (QED) is 0.346. The average molecular weight is 519 g/mol. The van der Waals surface area contributed by atoms with Gasteiger partial charge in [0.2, 0.25) is 5.78 Å². The molecule has 0 heterocycles. The molecule has 0 spiro atoms. The number of carbonyl (C=O) groups is 3. The summed E-state index contributed by atoms with van der Waals surface area (Å²) in [7, 11) is 2.69. The first-order valence-electron chi connectivity index (χ1n) is 6.09. The van der Waals surface area contributed by atoms with Crippen molar-refractivity contribution in [3.63, 3.8) is 0 Å². The van der Waals surface area contributed by atoms with Gasteiger partial charge < -0.3 is 9.64 Å². The van der Waals surface area contributed by atoms with Crippen LogP contribution in [-0.2, 0) is 14.3 Å². The molecule has 0 saturated carbocycles. The fourth-order valence-corrected chi connectivity index (χ4v) is 1.39. The minimum atomic E-state index is -0.679. The van der Waals surface area contributed by atoms with Gasteiger partial charge in [-0.15, -0.1) is 0 Å². The first-order chi connectivity index (χ1) is 9.99. The third-order valence-electron chi connectivity index (χ3n) is 2.28. The zero-order chi connectivity index (χ0) is 17.0. The van der Waals surface area contributed by atoms with E-state index >= 15 is 0 Å². The highest BCUT2D eigenvalue weighted by Gasteiger charge is 2.20. The third kappa shape index (κ3) is 7.21. The first-order valence-corrected chi connectivity index (χ1v) is 12.4. The molecule has 1 rings (SSSR count). The fraction of sp³-hybridized carbons (Fsp3) is 0.357. The summed E-state index contributed by atoms with van der Waals surface area (Å²) in [4.78, 5) is 35.2. The maximum Gasteiger partial charge on any atom is 0.339 e. The monoisotopic (exact) mass is 519 g/mol. The Morgan fingerprint density at radius 3 is 2.00 bits per heavy atom. The molecule has 0 aliphatic rings.